The largest absolute Gasteiger partial charge is 0.481 e. The van der Waals surface area contributed by atoms with Crippen molar-refractivity contribution in [1.29, 1.82) is 0 Å². The molecule has 0 aliphatic rings. The molecule has 0 amide bonds. The molecule has 0 fully saturated rings. The van der Waals surface area contributed by atoms with Gasteiger partial charge in [-0.3, -0.25) is 4.79 Å². The van der Waals surface area contributed by atoms with Gasteiger partial charge in [0.05, 0.1) is 11.3 Å². The van der Waals surface area contributed by atoms with Crippen molar-refractivity contribution in [3.05, 3.63) is 27.7 Å². The molecule has 1 rings (SSSR count). The highest BCUT2D eigenvalue weighted by Gasteiger charge is 2.14. The standard InChI is InChI=1S/C10H11BrO4S/c1-6-7(4-10(12)13)3-8(5-9(6)11)16(2,14)15/h3,5H,4H2,1-2H3,(H,12,13). The molecule has 1 aromatic carbocycles. The number of aliphatic carboxylic acids is 1. The molecule has 0 heterocycles. The first kappa shape index (κ1) is 13.2. The first-order valence-corrected chi connectivity index (χ1v) is 7.11. The molecule has 0 atom stereocenters. The van der Waals surface area contributed by atoms with Crippen LogP contribution >= 0.6 is 15.9 Å². The molecule has 0 aromatic heterocycles. The van der Waals surface area contributed by atoms with Crippen molar-refractivity contribution in [2.24, 2.45) is 0 Å². The maximum atomic E-state index is 11.4. The third-order valence-corrected chi connectivity index (χ3v) is 4.11. The number of hydrogen-bond acceptors (Lipinski definition) is 3. The van der Waals surface area contributed by atoms with Crippen LogP contribution in [-0.2, 0) is 21.1 Å². The van der Waals surface area contributed by atoms with Crippen LogP contribution in [0.1, 0.15) is 11.1 Å². The summed E-state index contributed by atoms with van der Waals surface area (Å²) < 4.78 is 23.3. The van der Waals surface area contributed by atoms with Crippen molar-refractivity contribution in [2.45, 2.75) is 18.2 Å². The molecule has 1 aromatic rings. The van der Waals surface area contributed by atoms with Crippen molar-refractivity contribution >= 4 is 31.7 Å². The smallest absolute Gasteiger partial charge is 0.307 e. The Morgan fingerprint density at radius 2 is 2.00 bits per heavy atom. The van der Waals surface area contributed by atoms with Gasteiger partial charge in [-0.15, -0.1) is 0 Å². The molecule has 6 heteroatoms. The number of carboxylic acid groups (broad SMARTS) is 1. The third kappa shape index (κ3) is 3.05. The van der Waals surface area contributed by atoms with E-state index >= 15 is 0 Å². The summed E-state index contributed by atoms with van der Waals surface area (Å²) in [5.74, 6) is -0.986. The zero-order valence-electron chi connectivity index (χ0n) is 8.82. The molecule has 0 aliphatic carbocycles. The van der Waals surface area contributed by atoms with Crippen LogP contribution in [0.5, 0.6) is 0 Å². The van der Waals surface area contributed by atoms with Gasteiger partial charge >= 0.3 is 5.97 Å². The van der Waals surface area contributed by atoms with E-state index in [0.29, 0.717) is 10.0 Å². The van der Waals surface area contributed by atoms with E-state index in [0.717, 1.165) is 11.8 Å². The van der Waals surface area contributed by atoms with Crippen LogP contribution in [-0.4, -0.2) is 25.7 Å². The number of rotatable bonds is 3. The number of sulfone groups is 1. The molecule has 0 aliphatic heterocycles. The van der Waals surface area contributed by atoms with E-state index < -0.39 is 15.8 Å². The second-order valence-corrected chi connectivity index (χ2v) is 6.40. The van der Waals surface area contributed by atoms with Crippen LogP contribution in [0.3, 0.4) is 0 Å². The van der Waals surface area contributed by atoms with Crippen molar-refractivity contribution in [3.63, 3.8) is 0 Å². The Bertz CT molecular complexity index is 534. The molecular weight excluding hydrogens is 296 g/mol. The highest BCUT2D eigenvalue weighted by atomic mass is 79.9. The predicted octanol–water partition coefficient (Wildman–Crippen LogP) is 1.79. The summed E-state index contributed by atoms with van der Waals surface area (Å²) in [4.78, 5) is 10.8. The summed E-state index contributed by atoms with van der Waals surface area (Å²) >= 11 is 3.22. The van der Waals surface area contributed by atoms with E-state index in [9.17, 15) is 13.2 Å². The average molecular weight is 307 g/mol. The maximum absolute atomic E-state index is 11.4. The number of halogens is 1. The quantitative estimate of drug-likeness (QED) is 0.924. The van der Waals surface area contributed by atoms with Crippen molar-refractivity contribution in [2.75, 3.05) is 6.26 Å². The molecule has 0 spiro atoms. The molecule has 0 radical (unpaired) electrons. The van der Waals surface area contributed by atoms with Gasteiger partial charge in [-0.25, -0.2) is 8.42 Å². The van der Waals surface area contributed by atoms with Crippen molar-refractivity contribution < 1.29 is 18.3 Å². The molecule has 1 N–H and O–H groups in total. The number of benzene rings is 1. The summed E-state index contributed by atoms with van der Waals surface area (Å²) in [6.07, 6.45) is 0.905. The number of carbonyl (C=O) groups is 1. The van der Waals surface area contributed by atoms with Crippen LogP contribution in [0.25, 0.3) is 0 Å². The van der Waals surface area contributed by atoms with Crippen LogP contribution < -0.4 is 0 Å². The predicted molar refractivity (Wildman–Crippen MR) is 63.3 cm³/mol. The Morgan fingerprint density at radius 1 is 1.44 bits per heavy atom. The molecule has 0 unspecified atom stereocenters. The lowest BCUT2D eigenvalue weighted by Gasteiger charge is -2.08. The Morgan fingerprint density at radius 3 is 2.44 bits per heavy atom. The lowest BCUT2D eigenvalue weighted by molar-refractivity contribution is -0.136. The van der Waals surface area contributed by atoms with Gasteiger partial charge in [0, 0.05) is 10.7 Å². The highest BCUT2D eigenvalue weighted by molar-refractivity contribution is 9.10. The van der Waals surface area contributed by atoms with Gasteiger partial charge in [-0.05, 0) is 30.2 Å². The molecule has 88 valence electrons. The maximum Gasteiger partial charge on any atom is 0.307 e. The summed E-state index contributed by atoms with van der Waals surface area (Å²) in [6, 6.07) is 2.89. The minimum atomic E-state index is -3.32. The first-order valence-electron chi connectivity index (χ1n) is 4.42. The minimum Gasteiger partial charge on any atom is -0.481 e. The van der Waals surface area contributed by atoms with E-state index in [-0.39, 0.29) is 11.3 Å². The summed E-state index contributed by atoms with van der Waals surface area (Å²) in [5, 5.41) is 8.71. The Labute approximate surface area is 102 Å². The lowest BCUT2D eigenvalue weighted by atomic mass is 10.1. The Kier molecular flexibility index (Phi) is 3.75. The van der Waals surface area contributed by atoms with E-state index in [2.05, 4.69) is 15.9 Å². The fourth-order valence-electron chi connectivity index (χ4n) is 1.27. The van der Waals surface area contributed by atoms with Crippen LogP contribution in [0.2, 0.25) is 0 Å². The summed E-state index contributed by atoms with van der Waals surface area (Å²) in [6.45, 7) is 1.74. The zero-order chi connectivity index (χ0) is 12.5. The SMILES string of the molecule is Cc1c(Br)cc(S(C)(=O)=O)cc1CC(=O)O. The second kappa shape index (κ2) is 4.55. The Balaban J connectivity index is 3.39. The minimum absolute atomic E-state index is 0.126. The van der Waals surface area contributed by atoms with Gasteiger partial charge < -0.3 is 5.11 Å². The highest BCUT2D eigenvalue weighted by Crippen LogP contribution is 2.25. The van der Waals surface area contributed by atoms with Crippen molar-refractivity contribution in [3.8, 4) is 0 Å². The summed E-state index contributed by atoms with van der Waals surface area (Å²) in [5.41, 5.74) is 1.25. The fourth-order valence-corrected chi connectivity index (χ4v) is 2.61. The second-order valence-electron chi connectivity index (χ2n) is 3.53. The van der Waals surface area contributed by atoms with Crippen LogP contribution in [0.15, 0.2) is 21.5 Å². The van der Waals surface area contributed by atoms with Gasteiger partial charge in [0.1, 0.15) is 0 Å². The number of hydrogen-bond donors (Lipinski definition) is 1. The monoisotopic (exact) mass is 306 g/mol. The topological polar surface area (TPSA) is 71.4 Å². The summed E-state index contributed by atoms with van der Waals surface area (Å²) in [7, 11) is -3.32. The molecule has 0 saturated carbocycles. The fraction of sp³-hybridized carbons (Fsp3) is 0.300. The van der Waals surface area contributed by atoms with E-state index in [1.54, 1.807) is 6.92 Å². The van der Waals surface area contributed by atoms with Gasteiger partial charge in [-0.2, -0.15) is 0 Å². The van der Waals surface area contributed by atoms with Gasteiger partial charge in [-0.1, -0.05) is 15.9 Å². The molecule has 0 saturated heterocycles. The van der Waals surface area contributed by atoms with Crippen LogP contribution in [0, 0.1) is 6.92 Å². The average Bonchev–Trinajstić information content (AvgIpc) is 2.10. The third-order valence-electron chi connectivity index (χ3n) is 2.20. The van der Waals surface area contributed by atoms with Crippen LogP contribution in [0.4, 0.5) is 0 Å². The lowest BCUT2D eigenvalue weighted by Crippen LogP contribution is -2.05. The molecule has 16 heavy (non-hydrogen) atoms. The molecule has 4 nitrogen and oxygen atoms in total. The molecular formula is C10H11BrO4S. The Hall–Kier alpha value is -0.880. The first-order chi connectivity index (χ1) is 7.21. The van der Waals surface area contributed by atoms with E-state index in [4.69, 9.17) is 5.11 Å². The van der Waals surface area contributed by atoms with E-state index in [1.807, 2.05) is 0 Å². The van der Waals surface area contributed by atoms with Gasteiger partial charge in [0.2, 0.25) is 0 Å². The van der Waals surface area contributed by atoms with Gasteiger partial charge in [0.15, 0.2) is 9.84 Å². The normalized spacial score (nSPS) is 11.4. The van der Waals surface area contributed by atoms with Crippen molar-refractivity contribution in [1.82, 2.24) is 0 Å². The van der Waals surface area contributed by atoms with Gasteiger partial charge in [0.25, 0.3) is 0 Å². The molecule has 0 bridgehead atoms. The van der Waals surface area contributed by atoms with E-state index in [1.165, 1.54) is 12.1 Å². The zero-order valence-corrected chi connectivity index (χ0v) is 11.2. The number of carboxylic acids is 1.